The summed E-state index contributed by atoms with van der Waals surface area (Å²) in [5.74, 6) is 0.655. The number of hydrogen-bond acceptors (Lipinski definition) is 4. The number of halogens is 1. The van der Waals surface area contributed by atoms with E-state index in [1.165, 1.54) is 6.07 Å². The zero-order chi connectivity index (χ0) is 14.7. The summed E-state index contributed by atoms with van der Waals surface area (Å²) in [5.41, 5.74) is 0.719. The van der Waals surface area contributed by atoms with Crippen molar-refractivity contribution < 1.29 is 14.4 Å². The van der Waals surface area contributed by atoms with E-state index in [-0.39, 0.29) is 22.8 Å². The zero-order valence-corrected chi connectivity index (χ0v) is 13.1. The Morgan fingerprint density at radius 3 is 2.80 bits per heavy atom. The van der Waals surface area contributed by atoms with Gasteiger partial charge in [-0.15, -0.1) is 0 Å². The molecule has 5 nitrogen and oxygen atoms in total. The van der Waals surface area contributed by atoms with Gasteiger partial charge in [0.05, 0.1) is 4.92 Å². The summed E-state index contributed by atoms with van der Waals surface area (Å²) in [5, 5.41) is 10.8. The van der Waals surface area contributed by atoms with Crippen LogP contribution < -0.4 is 4.74 Å². The Hall–Kier alpha value is -1.14. The largest absolute Gasteiger partial charge is 0.488 e. The van der Waals surface area contributed by atoms with E-state index in [0.717, 1.165) is 12.8 Å². The third-order valence-corrected chi connectivity index (χ3v) is 4.24. The fourth-order valence-corrected chi connectivity index (χ4v) is 3.05. The molecule has 1 fully saturated rings. The molecule has 2 rings (SSSR count). The summed E-state index contributed by atoms with van der Waals surface area (Å²) in [6, 6.07) is 4.83. The van der Waals surface area contributed by atoms with E-state index in [1.807, 2.05) is 0 Å². The highest BCUT2D eigenvalue weighted by Gasteiger charge is 2.42. The minimum absolute atomic E-state index is 0.00628. The first kappa shape index (κ1) is 15.3. The summed E-state index contributed by atoms with van der Waals surface area (Å²) in [4.78, 5) is 10.7. The summed E-state index contributed by atoms with van der Waals surface area (Å²) in [7, 11) is 0. The molecule has 1 aromatic carbocycles. The van der Waals surface area contributed by atoms with E-state index < -0.39 is 0 Å². The standard InChI is InChI=1S/C14H18BrNO4/c1-3-6-19-14-11(15)8-13(14)20-10-4-5-12(16(17)18)9(2)7-10/h4-5,7,11,13-14H,3,6,8H2,1-2H3. The fourth-order valence-electron chi connectivity index (χ4n) is 2.19. The minimum atomic E-state index is -0.385. The molecule has 0 amide bonds. The summed E-state index contributed by atoms with van der Waals surface area (Å²) in [6.07, 6.45) is 1.90. The van der Waals surface area contributed by atoms with Gasteiger partial charge in [0.15, 0.2) is 0 Å². The van der Waals surface area contributed by atoms with Crippen LogP contribution in [0.25, 0.3) is 0 Å². The maximum absolute atomic E-state index is 10.8. The maximum atomic E-state index is 10.8. The first-order valence-electron chi connectivity index (χ1n) is 6.70. The number of rotatable bonds is 6. The molecule has 3 atom stereocenters. The van der Waals surface area contributed by atoms with Crippen molar-refractivity contribution in [2.75, 3.05) is 6.61 Å². The van der Waals surface area contributed by atoms with Crippen molar-refractivity contribution in [1.29, 1.82) is 0 Å². The lowest BCUT2D eigenvalue weighted by Crippen LogP contribution is -2.52. The summed E-state index contributed by atoms with van der Waals surface area (Å²) >= 11 is 3.56. The predicted molar refractivity (Wildman–Crippen MR) is 79.6 cm³/mol. The van der Waals surface area contributed by atoms with Crippen LogP contribution in [0.15, 0.2) is 18.2 Å². The SMILES string of the molecule is CCCOC1C(Br)CC1Oc1ccc([N+](=O)[O-])c(C)c1. The van der Waals surface area contributed by atoms with Crippen LogP contribution in [-0.2, 0) is 4.74 Å². The molecule has 0 N–H and O–H groups in total. The molecule has 1 saturated carbocycles. The van der Waals surface area contributed by atoms with Gasteiger partial charge in [-0.2, -0.15) is 0 Å². The van der Waals surface area contributed by atoms with Crippen molar-refractivity contribution in [3.63, 3.8) is 0 Å². The van der Waals surface area contributed by atoms with Gasteiger partial charge in [0.1, 0.15) is 18.0 Å². The number of aryl methyl sites for hydroxylation is 1. The molecule has 0 spiro atoms. The van der Waals surface area contributed by atoms with Gasteiger partial charge in [0.25, 0.3) is 5.69 Å². The highest BCUT2D eigenvalue weighted by atomic mass is 79.9. The molecule has 1 aliphatic rings. The van der Waals surface area contributed by atoms with Crippen LogP contribution in [0.3, 0.4) is 0 Å². The Balaban J connectivity index is 2.00. The van der Waals surface area contributed by atoms with Crippen molar-refractivity contribution in [2.45, 2.75) is 43.7 Å². The number of nitro groups is 1. The Bertz CT molecular complexity index is 494. The lowest BCUT2D eigenvalue weighted by atomic mass is 9.91. The lowest BCUT2D eigenvalue weighted by molar-refractivity contribution is -0.385. The normalized spacial score (nSPS) is 25.1. The molecule has 1 aromatic rings. The van der Waals surface area contributed by atoms with Crippen molar-refractivity contribution >= 4 is 21.6 Å². The van der Waals surface area contributed by atoms with E-state index in [9.17, 15) is 10.1 Å². The first-order chi connectivity index (χ1) is 9.52. The van der Waals surface area contributed by atoms with Gasteiger partial charge in [0, 0.05) is 29.5 Å². The molecular weight excluding hydrogens is 326 g/mol. The number of ether oxygens (including phenoxy) is 2. The molecule has 1 aliphatic carbocycles. The van der Waals surface area contributed by atoms with Crippen molar-refractivity contribution in [3.05, 3.63) is 33.9 Å². The zero-order valence-electron chi connectivity index (χ0n) is 11.5. The van der Waals surface area contributed by atoms with Gasteiger partial charge in [-0.3, -0.25) is 10.1 Å². The molecule has 20 heavy (non-hydrogen) atoms. The third-order valence-electron chi connectivity index (χ3n) is 3.35. The highest BCUT2D eigenvalue weighted by molar-refractivity contribution is 9.09. The Morgan fingerprint density at radius 1 is 1.50 bits per heavy atom. The van der Waals surface area contributed by atoms with Gasteiger partial charge in [-0.05, 0) is 25.5 Å². The van der Waals surface area contributed by atoms with E-state index in [1.54, 1.807) is 19.1 Å². The van der Waals surface area contributed by atoms with Crippen LogP contribution in [0.1, 0.15) is 25.3 Å². The molecular formula is C14H18BrNO4. The second-order valence-corrected chi connectivity index (χ2v) is 6.12. The van der Waals surface area contributed by atoms with Crippen LogP contribution in [-0.4, -0.2) is 28.6 Å². The summed E-state index contributed by atoms with van der Waals surface area (Å²) < 4.78 is 11.6. The van der Waals surface area contributed by atoms with Gasteiger partial charge >= 0.3 is 0 Å². The molecule has 110 valence electrons. The molecule has 0 heterocycles. The Labute approximate surface area is 126 Å². The van der Waals surface area contributed by atoms with Crippen LogP contribution in [0, 0.1) is 17.0 Å². The smallest absolute Gasteiger partial charge is 0.272 e. The molecule has 0 radical (unpaired) electrons. The number of benzene rings is 1. The Kier molecular flexibility index (Phi) is 4.99. The highest BCUT2D eigenvalue weighted by Crippen LogP contribution is 2.35. The van der Waals surface area contributed by atoms with Gasteiger partial charge in [-0.25, -0.2) is 0 Å². The average molecular weight is 344 g/mol. The van der Waals surface area contributed by atoms with E-state index in [4.69, 9.17) is 9.47 Å². The van der Waals surface area contributed by atoms with Crippen molar-refractivity contribution in [3.8, 4) is 5.75 Å². The quantitative estimate of drug-likeness (QED) is 0.449. The molecule has 6 heteroatoms. The predicted octanol–water partition coefficient (Wildman–Crippen LogP) is 3.61. The molecule has 0 aromatic heterocycles. The fraction of sp³-hybridized carbons (Fsp3) is 0.571. The Morgan fingerprint density at radius 2 is 2.25 bits per heavy atom. The van der Waals surface area contributed by atoms with Crippen LogP contribution in [0.2, 0.25) is 0 Å². The van der Waals surface area contributed by atoms with Gasteiger partial charge < -0.3 is 9.47 Å². The van der Waals surface area contributed by atoms with Gasteiger partial charge in [0.2, 0.25) is 0 Å². The molecule has 0 saturated heterocycles. The topological polar surface area (TPSA) is 61.6 Å². The second kappa shape index (κ2) is 6.54. The van der Waals surface area contributed by atoms with Gasteiger partial charge in [-0.1, -0.05) is 22.9 Å². The van der Waals surface area contributed by atoms with Crippen LogP contribution >= 0.6 is 15.9 Å². The average Bonchev–Trinajstić information content (AvgIpc) is 2.38. The monoisotopic (exact) mass is 343 g/mol. The number of alkyl halides is 1. The van der Waals surface area contributed by atoms with Crippen molar-refractivity contribution in [1.82, 2.24) is 0 Å². The van der Waals surface area contributed by atoms with Crippen LogP contribution in [0.4, 0.5) is 5.69 Å². The lowest BCUT2D eigenvalue weighted by Gasteiger charge is -2.40. The van der Waals surface area contributed by atoms with Crippen molar-refractivity contribution in [2.24, 2.45) is 0 Å². The first-order valence-corrected chi connectivity index (χ1v) is 7.62. The number of nitro benzene ring substituents is 1. The molecule has 0 bridgehead atoms. The molecule has 0 aliphatic heterocycles. The van der Waals surface area contributed by atoms with E-state index in [2.05, 4.69) is 22.9 Å². The number of nitrogens with zero attached hydrogens (tertiary/aromatic N) is 1. The molecule has 3 unspecified atom stereocenters. The van der Waals surface area contributed by atoms with Crippen LogP contribution in [0.5, 0.6) is 5.75 Å². The maximum Gasteiger partial charge on any atom is 0.272 e. The third kappa shape index (κ3) is 3.30. The van der Waals surface area contributed by atoms with E-state index >= 15 is 0 Å². The summed E-state index contributed by atoms with van der Waals surface area (Å²) in [6.45, 7) is 4.49. The number of hydrogen-bond donors (Lipinski definition) is 0. The minimum Gasteiger partial charge on any atom is -0.488 e. The second-order valence-electron chi connectivity index (χ2n) is 4.95. The van der Waals surface area contributed by atoms with E-state index in [0.29, 0.717) is 22.7 Å².